The standard InChI is InChI=1S/C14H20N6O2/c1-9-6-10(2)20-12(17-18-14(20)16-9)13(21)15-7-11-8-19(3)4-5-22-11/h6,11H,4-5,7-8H2,1-3H3,(H,15,21). The van der Waals surface area contributed by atoms with E-state index < -0.39 is 0 Å². The number of nitrogens with zero attached hydrogens (tertiary/aromatic N) is 5. The van der Waals surface area contributed by atoms with Gasteiger partial charge < -0.3 is 15.0 Å². The van der Waals surface area contributed by atoms with Gasteiger partial charge in [0.15, 0.2) is 0 Å². The van der Waals surface area contributed by atoms with Crippen LogP contribution in [0.15, 0.2) is 6.07 Å². The molecular weight excluding hydrogens is 284 g/mol. The van der Waals surface area contributed by atoms with Gasteiger partial charge in [-0.15, -0.1) is 10.2 Å². The molecule has 3 heterocycles. The zero-order valence-electron chi connectivity index (χ0n) is 13.0. The minimum Gasteiger partial charge on any atom is -0.374 e. The van der Waals surface area contributed by atoms with Gasteiger partial charge in [0, 0.05) is 31.0 Å². The molecular formula is C14H20N6O2. The fraction of sp³-hybridized carbons (Fsp3) is 0.571. The number of hydrogen-bond acceptors (Lipinski definition) is 6. The topological polar surface area (TPSA) is 84.7 Å². The Morgan fingerprint density at radius 2 is 2.27 bits per heavy atom. The normalized spacial score (nSPS) is 19.5. The predicted octanol–water partition coefficient (Wildman–Crippen LogP) is -0.198. The molecule has 0 aliphatic carbocycles. The highest BCUT2D eigenvalue weighted by atomic mass is 16.5. The second-order valence-electron chi connectivity index (χ2n) is 5.66. The van der Waals surface area contributed by atoms with Gasteiger partial charge in [-0.3, -0.25) is 9.20 Å². The van der Waals surface area contributed by atoms with Crippen LogP contribution in [0.2, 0.25) is 0 Å². The Morgan fingerprint density at radius 1 is 1.45 bits per heavy atom. The summed E-state index contributed by atoms with van der Waals surface area (Å²) in [5.74, 6) is 0.429. The smallest absolute Gasteiger partial charge is 0.289 e. The lowest BCUT2D eigenvalue weighted by Crippen LogP contribution is -2.46. The van der Waals surface area contributed by atoms with Gasteiger partial charge in [0.1, 0.15) is 0 Å². The summed E-state index contributed by atoms with van der Waals surface area (Å²) in [5.41, 5.74) is 1.73. The predicted molar refractivity (Wildman–Crippen MR) is 79.8 cm³/mol. The van der Waals surface area contributed by atoms with Crippen LogP contribution in [0.5, 0.6) is 0 Å². The monoisotopic (exact) mass is 304 g/mol. The molecule has 8 heteroatoms. The highest BCUT2D eigenvalue weighted by Gasteiger charge is 2.21. The maximum atomic E-state index is 12.3. The van der Waals surface area contributed by atoms with Crippen LogP contribution < -0.4 is 5.32 Å². The van der Waals surface area contributed by atoms with E-state index in [0.717, 1.165) is 24.5 Å². The summed E-state index contributed by atoms with van der Waals surface area (Å²) < 4.78 is 7.29. The maximum Gasteiger partial charge on any atom is 0.289 e. The number of morpholine rings is 1. The van der Waals surface area contributed by atoms with E-state index in [2.05, 4.69) is 25.4 Å². The molecule has 1 atom stereocenters. The first-order valence-corrected chi connectivity index (χ1v) is 7.32. The van der Waals surface area contributed by atoms with Gasteiger partial charge in [-0.2, -0.15) is 0 Å². The van der Waals surface area contributed by atoms with Crippen LogP contribution in [0.1, 0.15) is 22.0 Å². The third kappa shape index (κ3) is 2.93. The van der Waals surface area contributed by atoms with E-state index in [4.69, 9.17) is 4.74 Å². The molecule has 2 aromatic heterocycles. The number of fused-ring (bicyclic) bond motifs is 1. The van der Waals surface area contributed by atoms with Crippen molar-refractivity contribution in [3.63, 3.8) is 0 Å². The Kier molecular flexibility index (Phi) is 4.04. The molecule has 1 aliphatic heterocycles. The van der Waals surface area contributed by atoms with Crippen molar-refractivity contribution in [3.8, 4) is 0 Å². The SMILES string of the molecule is Cc1cc(C)n2c(C(=O)NCC3CN(C)CCO3)nnc2n1. The van der Waals surface area contributed by atoms with Gasteiger partial charge in [-0.1, -0.05) is 0 Å². The summed E-state index contributed by atoms with van der Waals surface area (Å²) in [6.07, 6.45) is 0.00310. The lowest BCUT2D eigenvalue weighted by atomic mass is 10.3. The highest BCUT2D eigenvalue weighted by molar-refractivity contribution is 5.91. The Morgan fingerprint density at radius 3 is 3.05 bits per heavy atom. The minimum absolute atomic E-state index is 0.00310. The average Bonchev–Trinajstić information content (AvgIpc) is 2.89. The molecule has 0 bridgehead atoms. The molecule has 0 radical (unpaired) electrons. The van der Waals surface area contributed by atoms with E-state index in [0.29, 0.717) is 18.9 Å². The highest BCUT2D eigenvalue weighted by Crippen LogP contribution is 2.08. The number of hydrogen-bond donors (Lipinski definition) is 1. The molecule has 1 aliphatic rings. The van der Waals surface area contributed by atoms with Crippen LogP contribution >= 0.6 is 0 Å². The molecule has 118 valence electrons. The minimum atomic E-state index is -0.266. The number of amides is 1. The first-order chi connectivity index (χ1) is 10.5. The van der Waals surface area contributed by atoms with Crippen LogP contribution in [0, 0.1) is 13.8 Å². The van der Waals surface area contributed by atoms with Gasteiger partial charge in [-0.25, -0.2) is 4.98 Å². The lowest BCUT2D eigenvalue weighted by Gasteiger charge is -2.29. The van der Waals surface area contributed by atoms with Gasteiger partial charge in [0.25, 0.3) is 11.7 Å². The van der Waals surface area contributed by atoms with Crippen molar-refractivity contribution >= 4 is 11.7 Å². The Labute approximate surface area is 128 Å². The van der Waals surface area contributed by atoms with Gasteiger partial charge >= 0.3 is 0 Å². The van der Waals surface area contributed by atoms with E-state index >= 15 is 0 Å². The van der Waals surface area contributed by atoms with Crippen molar-refractivity contribution in [2.75, 3.05) is 33.3 Å². The number of aryl methyl sites for hydroxylation is 2. The summed E-state index contributed by atoms with van der Waals surface area (Å²) in [7, 11) is 2.04. The third-order valence-electron chi connectivity index (χ3n) is 3.73. The van der Waals surface area contributed by atoms with E-state index in [1.165, 1.54) is 0 Å². The zero-order chi connectivity index (χ0) is 15.7. The first-order valence-electron chi connectivity index (χ1n) is 7.32. The molecule has 1 unspecified atom stereocenters. The number of rotatable bonds is 3. The van der Waals surface area contributed by atoms with Crippen molar-refractivity contribution in [1.82, 2.24) is 29.8 Å². The quantitative estimate of drug-likeness (QED) is 0.845. The summed E-state index contributed by atoms with van der Waals surface area (Å²) in [4.78, 5) is 18.8. The third-order valence-corrected chi connectivity index (χ3v) is 3.73. The molecule has 3 rings (SSSR count). The van der Waals surface area contributed by atoms with Crippen LogP contribution in [-0.4, -0.2) is 69.8 Å². The Bertz CT molecular complexity index is 698. The first kappa shape index (κ1) is 14.9. The molecule has 1 amide bonds. The summed E-state index contributed by atoms with van der Waals surface area (Å²) in [5, 5.41) is 10.8. The molecule has 0 saturated carbocycles. The molecule has 22 heavy (non-hydrogen) atoms. The number of ether oxygens (including phenoxy) is 1. The van der Waals surface area contributed by atoms with Crippen molar-refractivity contribution in [1.29, 1.82) is 0 Å². The maximum absolute atomic E-state index is 12.3. The van der Waals surface area contributed by atoms with E-state index in [1.54, 1.807) is 4.40 Å². The van der Waals surface area contributed by atoms with Crippen molar-refractivity contribution in [3.05, 3.63) is 23.3 Å². The molecule has 1 fully saturated rings. The van der Waals surface area contributed by atoms with Gasteiger partial charge in [0.2, 0.25) is 5.82 Å². The molecule has 0 aromatic carbocycles. The number of carbonyl (C=O) groups excluding carboxylic acids is 1. The van der Waals surface area contributed by atoms with Crippen LogP contribution in [0.3, 0.4) is 0 Å². The number of aromatic nitrogens is 4. The second kappa shape index (κ2) is 5.98. The average molecular weight is 304 g/mol. The lowest BCUT2D eigenvalue weighted by molar-refractivity contribution is -0.0175. The fourth-order valence-electron chi connectivity index (χ4n) is 2.65. The largest absolute Gasteiger partial charge is 0.374 e. The fourth-order valence-corrected chi connectivity index (χ4v) is 2.65. The van der Waals surface area contributed by atoms with Crippen molar-refractivity contribution in [2.24, 2.45) is 0 Å². The van der Waals surface area contributed by atoms with Crippen molar-refractivity contribution < 1.29 is 9.53 Å². The number of likely N-dealkylation sites (N-methyl/N-ethyl adjacent to an activating group) is 1. The number of nitrogens with one attached hydrogen (secondary N) is 1. The molecule has 0 spiro atoms. The zero-order valence-corrected chi connectivity index (χ0v) is 13.0. The second-order valence-corrected chi connectivity index (χ2v) is 5.66. The molecule has 1 N–H and O–H groups in total. The van der Waals surface area contributed by atoms with Crippen LogP contribution in [0.4, 0.5) is 0 Å². The molecule has 1 saturated heterocycles. The molecule has 2 aromatic rings. The Hall–Kier alpha value is -2.06. The summed E-state index contributed by atoms with van der Waals surface area (Å²) in [6, 6.07) is 1.90. The molecule has 8 nitrogen and oxygen atoms in total. The van der Waals surface area contributed by atoms with Crippen molar-refractivity contribution in [2.45, 2.75) is 20.0 Å². The van der Waals surface area contributed by atoms with Crippen LogP contribution in [-0.2, 0) is 4.74 Å². The van der Waals surface area contributed by atoms with E-state index in [1.807, 2.05) is 27.0 Å². The Balaban J connectivity index is 1.72. The summed E-state index contributed by atoms with van der Waals surface area (Å²) in [6.45, 7) is 6.66. The summed E-state index contributed by atoms with van der Waals surface area (Å²) >= 11 is 0. The number of carbonyl (C=O) groups is 1. The van der Waals surface area contributed by atoms with Crippen LogP contribution in [0.25, 0.3) is 5.78 Å². The van der Waals surface area contributed by atoms with Gasteiger partial charge in [0.05, 0.1) is 12.7 Å². The van der Waals surface area contributed by atoms with Gasteiger partial charge in [-0.05, 0) is 27.0 Å². The van der Waals surface area contributed by atoms with E-state index in [-0.39, 0.29) is 17.8 Å². The van der Waals surface area contributed by atoms with E-state index in [9.17, 15) is 4.79 Å².